The average Bonchev–Trinajstić information content (AvgIpc) is 3.18. The molecule has 0 saturated carbocycles. The van der Waals surface area contributed by atoms with E-state index in [-0.39, 0.29) is 18.7 Å². The van der Waals surface area contributed by atoms with Gasteiger partial charge in [-0.15, -0.1) is 0 Å². The molecule has 3 aromatic rings. The molecule has 3 rings (SSSR count). The number of hydrogen-bond acceptors (Lipinski definition) is 6. The van der Waals surface area contributed by atoms with Gasteiger partial charge in [0.05, 0.1) is 23.7 Å². The second kappa shape index (κ2) is 9.29. The van der Waals surface area contributed by atoms with Crippen LogP contribution in [0.5, 0.6) is 0 Å². The Morgan fingerprint density at radius 2 is 2.04 bits per heavy atom. The zero-order valence-electron chi connectivity index (χ0n) is 14.9. The van der Waals surface area contributed by atoms with Crippen molar-refractivity contribution in [2.45, 2.75) is 13.5 Å². The first-order valence-electron chi connectivity index (χ1n) is 8.46. The lowest BCUT2D eigenvalue weighted by atomic mass is 10.2. The van der Waals surface area contributed by atoms with Gasteiger partial charge in [0.1, 0.15) is 0 Å². The lowest BCUT2D eigenvalue weighted by Gasteiger charge is -2.11. The molecule has 0 radical (unpaired) electrons. The molecule has 2 N–H and O–H groups in total. The summed E-state index contributed by atoms with van der Waals surface area (Å²) in [6, 6.07) is 14.4. The molecule has 0 bridgehead atoms. The highest BCUT2D eigenvalue weighted by Crippen LogP contribution is 2.21. The van der Waals surface area contributed by atoms with E-state index >= 15 is 0 Å². The van der Waals surface area contributed by atoms with E-state index in [1.165, 1.54) is 0 Å². The number of benzene rings is 2. The molecule has 0 unspecified atom stereocenters. The van der Waals surface area contributed by atoms with E-state index in [0.29, 0.717) is 27.5 Å². The first-order chi connectivity index (χ1) is 13.6. The van der Waals surface area contributed by atoms with Crippen molar-refractivity contribution in [3.8, 4) is 11.4 Å². The second-order valence-corrected chi connectivity index (χ2v) is 6.42. The molecule has 0 spiro atoms. The normalized spacial score (nSPS) is 10.4. The first-order valence-corrected chi connectivity index (χ1v) is 9.25. The van der Waals surface area contributed by atoms with Crippen LogP contribution in [-0.4, -0.2) is 27.8 Å². The summed E-state index contributed by atoms with van der Waals surface area (Å²) < 4.78 is 10.2. The van der Waals surface area contributed by atoms with Crippen LogP contribution in [0.25, 0.3) is 11.4 Å². The molecule has 0 aliphatic heterocycles. The molecule has 28 heavy (non-hydrogen) atoms. The summed E-state index contributed by atoms with van der Waals surface area (Å²) in [6.07, 6.45) is 0. The van der Waals surface area contributed by atoms with Crippen LogP contribution in [0.4, 0.5) is 5.69 Å². The topological polar surface area (TPSA) is 89.3 Å². The maximum atomic E-state index is 11.9. The van der Waals surface area contributed by atoms with Crippen LogP contribution in [0.15, 0.2) is 53.1 Å². The number of halogens is 1. The number of carbonyl (C=O) groups is 1. The predicted octanol–water partition coefficient (Wildman–Crippen LogP) is 4.05. The molecular weight excluding hydrogens is 400 g/mol. The Bertz CT molecular complexity index is 978. The number of nitrogens with zero attached hydrogens (tertiary/aromatic N) is 2. The SMILES string of the molecule is CCOC(=O)c1cc(NC(=S)NCc2nc(-c3ccccc3)no2)ccc1Cl. The van der Waals surface area contributed by atoms with Crippen molar-refractivity contribution in [1.82, 2.24) is 15.5 Å². The third kappa shape index (κ3) is 5.05. The van der Waals surface area contributed by atoms with Crippen LogP contribution in [0.3, 0.4) is 0 Å². The summed E-state index contributed by atoms with van der Waals surface area (Å²) in [6.45, 7) is 2.25. The summed E-state index contributed by atoms with van der Waals surface area (Å²) >= 11 is 11.3. The predicted molar refractivity (Wildman–Crippen MR) is 110 cm³/mol. The van der Waals surface area contributed by atoms with Gasteiger partial charge < -0.3 is 19.9 Å². The zero-order chi connectivity index (χ0) is 19.9. The van der Waals surface area contributed by atoms with E-state index in [2.05, 4.69) is 20.8 Å². The molecule has 0 atom stereocenters. The molecule has 1 aromatic heterocycles. The molecule has 0 aliphatic carbocycles. The van der Waals surface area contributed by atoms with Crippen LogP contribution in [0.2, 0.25) is 5.02 Å². The summed E-state index contributed by atoms with van der Waals surface area (Å²) in [5.41, 5.74) is 1.73. The van der Waals surface area contributed by atoms with Crippen molar-refractivity contribution in [2.75, 3.05) is 11.9 Å². The fraction of sp³-hybridized carbons (Fsp3) is 0.158. The minimum atomic E-state index is -0.491. The Balaban J connectivity index is 1.58. The highest BCUT2D eigenvalue weighted by atomic mass is 35.5. The third-order valence-corrected chi connectivity index (χ3v) is 4.20. The quantitative estimate of drug-likeness (QED) is 0.459. The highest BCUT2D eigenvalue weighted by Gasteiger charge is 2.13. The Kier molecular flexibility index (Phi) is 6.57. The van der Waals surface area contributed by atoms with E-state index < -0.39 is 5.97 Å². The van der Waals surface area contributed by atoms with Crippen LogP contribution in [-0.2, 0) is 11.3 Å². The standard InChI is InChI=1S/C19H17ClN4O3S/c1-2-26-18(25)14-10-13(8-9-15(14)20)22-19(28)21-11-16-23-17(24-27-16)12-6-4-3-5-7-12/h3-10H,2,11H2,1H3,(H2,21,22,28). The van der Waals surface area contributed by atoms with Crippen molar-refractivity contribution in [1.29, 1.82) is 0 Å². The van der Waals surface area contributed by atoms with Crippen LogP contribution < -0.4 is 10.6 Å². The van der Waals surface area contributed by atoms with Crippen molar-refractivity contribution in [3.05, 3.63) is 65.0 Å². The molecule has 0 saturated heterocycles. The monoisotopic (exact) mass is 416 g/mol. The zero-order valence-corrected chi connectivity index (χ0v) is 16.5. The second-order valence-electron chi connectivity index (χ2n) is 5.60. The molecule has 7 nitrogen and oxygen atoms in total. The number of ether oxygens (including phenoxy) is 1. The lowest BCUT2D eigenvalue weighted by Crippen LogP contribution is -2.28. The Hall–Kier alpha value is -2.97. The van der Waals surface area contributed by atoms with Crippen molar-refractivity contribution in [2.24, 2.45) is 0 Å². The summed E-state index contributed by atoms with van der Waals surface area (Å²) in [7, 11) is 0. The molecular formula is C19H17ClN4O3S. The molecule has 0 amide bonds. The molecule has 144 valence electrons. The van der Waals surface area contributed by atoms with Crippen LogP contribution >= 0.6 is 23.8 Å². The number of anilines is 1. The number of carbonyl (C=O) groups excluding carboxylic acids is 1. The van der Waals surface area contributed by atoms with Gasteiger partial charge in [-0.05, 0) is 37.3 Å². The van der Waals surface area contributed by atoms with Gasteiger partial charge in [-0.2, -0.15) is 4.98 Å². The fourth-order valence-corrected chi connectivity index (χ4v) is 2.72. The molecule has 2 aromatic carbocycles. The lowest BCUT2D eigenvalue weighted by molar-refractivity contribution is 0.0526. The number of thiocarbonyl (C=S) groups is 1. The molecule has 9 heteroatoms. The largest absolute Gasteiger partial charge is 0.462 e. The number of esters is 1. The number of hydrogen-bond donors (Lipinski definition) is 2. The van der Waals surface area contributed by atoms with E-state index in [4.69, 9.17) is 33.1 Å². The fourth-order valence-electron chi connectivity index (χ4n) is 2.33. The Morgan fingerprint density at radius 1 is 1.25 bits per heavy atom. The van der Waals surface area contributed by atoms with E-state index in [9.17, 15) is 4.79 Å². The number of nitrogens with one attached hydrogen (secondary N) is 2. The van der Waals surface area contributed by atoms with Gasteiger partial charge in [0.15, 0.2) is 5.11 Å². The first kappa shape index (κ1) is 19.8. The van der Waals surface area contributed by atoms with Gasteiger partial charge in [0.25, 0.3) is 0 Å². The van der Waals surface area contributed by atoms with Gasteiger partial charge in [0.2, 0.25) is 11.7 Å². The molecule has 1 heterocycles. The van der Waals surface area contributed by atoms with Gasteiger partial charge in [-0.25, -0.2) is 4.79 Å². The van der Waals surface area contributed by atoms with E-state index in [1.807, 2.05) is 30.3 Å². The number of aromatic nitrogens is 2. The average molecular weight is 417 g/mol. The summed E-state index contributed by atoms with van der Waals surface area (Å²) in [4.78, 5) is 16.2. The minimum Gasteiger partial charge on any atom is -0.462 e. The van der Waals surface area contributed by atoms with Crippen molar-refractivity contribution in [3.63, 3.8) is 0 Å². The van der Waals surface area contributed by atoms with E-state index in [1.54, 1.807) is 25.1 Å². The Labute approximate surface area is 172 Å². The summed E-state index contributed by atoms with van der Waals surface area (Å²) in [5.74, 6) is 0.411. The Morgan fingerprint density at radius 3 is 2.79 bits per heavy atom. The summed E-state index contributed by atoms with van der Waals surface area (Å²) in [5, 5.41) is 10.5. The molecule has 0 aliphatic rings. The van der Waals surface area contributed by atoms with Gasteiger partial charge in [-0.3, -0.25) is 0 Å². The van der Waals surface area contributed by atoms with E-state index in [0.717, 1.165) is 5.56 Å². The highest BCUT2D eigenvalue weighted by molar-refractivity contribution is 7.80. The van der Waals surface area contributed by atoms with Gasteiger partial charge in [0, 0.05) is 11.3 Å². The third-order valence-electron chi connectivity index (χ3n) is 3.62. The number of rotatable bonds is 6. The van der Waals surface area contributed by atoms with Crippen LogP contribution in [0, 0.1) is 0 Å². The van der Waals surface area contributed by atoms with Crippen LogP contribution in [0.1, 0.15) is 23.2 Å². The van der Waals surface area contributed by atoms with Crippen molar-refractivity contribution >= 4 is 40.6 Å². The van der Waals surface area contributed by atoms with Crippen molar-refractivity contribution < 1.29 is 14.1 Å². The van der Waals surface area contributed by atoms with Gasteiger partial charge >= 0.3 is 5.97 Å². The smallest absolute Gasteiger partial charge is 0.339 e. The van der Waals surface area contributed by atoms with Gasteiger partial charge in [-0.1, -0.05) is 47.1 Å². The molecule has 0 fully saturated rings. The maximum Gasteiger partial charge on any atom is 0.339 e. The minimum absolute atomic E-state index is 0.254. The maximum absolute atomic E-state index is 11.9.